The SMILES string of the molecule is O=C(CCOCc1ccccc1)OCc1nc(-c2ccccc2)no1. The molecular weight excluding hydrogens is 320 g/mol. The number of nitrogens with zero attached hydrogens (tertiary/aromatic N) is 2. The zero-order chi connectivity index (χ0) is 17.3. The molecule has 0 radical (unpaired) electrons. The summed E-state index contributed by atoms with van der Waals surface area (Å²) in [4.78, 5) is 15.9. The van der Waals surface area contributed by atoms with Crippen LogP contribution in [0.15, 0.2) is 65.2 Å². The van der Waals surface area contributed by atoms with Gasteiger partial charge in [-0.3, -0.25) is 4.79 Å². The summed E-state index contributed by atoms with van der Waals surface area (Å²) < 4.78 is 15.6. The highest BCUT2D eigenvalue weighted by Crippen LogP contribution is 2.15. The van der Waals surface area contributed by atoms with Crippen molar-refractivity contribution in [1.29, 1.82) is 0 Å². The average Bonchev–Trinajstić information content (AvgIpc) is 3.14. The largest absolute Gasteiger partial charge is 0.455 e. The van der Waals surface area contributed by atoms with Crippen molar-refractivity contribution in [2.24, 2.45) is 0 Å². The molecule has 0 bridgehead atoms. The van der Waals surface area contributed by atoms with Crippen molar-refractivity contribution in [1.82, 2.24) is 10.1 Å². The number of ether oxygens (including phenoxy) is 2. The van der Waals surface area contributed by atoms with Gasteiger partial charge in [0, 0.05) is 5.56 Å². The second-order valence-electron chi connectivity index (χ2n) is 5.33. The third-order valence-corrected chi connectivity index (χ3v) is 3.42. The lowest BCUT2D eigenvalue weighted by Gasteiger charge is -2.04. The predicted molar refractivity (Wildman–Crippen MR) is 90.2 cm³/mol. The summed E-state index contributed by atoms with van der Waals surface area (Å²) in [6.45, 7) is 0.725. The Morgan fingerprint density at radius 3 is 2.44 bits per heavy atom. The number of benzene rings is 2. The van der Waals surface area contributed by atoms with E-state index in [9.17, 15) is 4.79 Å². The van der Waals surface area contributed by atoms with Crippen molar-refractivity contribution >= 4 is 5.97 Å². The molecule has 0 saturated heterocycles. The number of carbonyl (C=O) groups is 1. The van der Waals surface area contributed by atoms with Crippen LogP contribution >= 0.6 is 0 Å². The van der Waals surface area contributed by atoms with Gasteiger partial charge in [0.1, 0.15) is 0 Å². The van der Waals surface area contributed by atoms with Crippen LogP contribution in [0, 0.1) is 0 Å². The van der Waals surface area contributed by atoms with Crippen molar-refractivity contribution in [2.75, 3.05) is 6.61 Å². The van der Waals surface area contributed by atoms with E-state index in [0.717, 1.165) is 11.1 Å². The van der Waals surface area contributed by atoms with Crippen molar-refractivity contribution in [3.63, 3.8) is 0 Å². The van der Waals surface area contributed by atoms with Crippen LogP contribution in [0.4, 0.5) is 0 Å². The lowest BCUT2D eigenvalue weighted by Crippen LogP contribution is -2.08. The monoisotopic (exact) mass is 338 g/mol. The molecule has 0 atom stereocenters. The Balaban J connectivity index is 1.37. The first-order chi connectivity index (χ1) is 12.3. The maximum Gasteiger partial charge on any atom is 0.308 e. The van der Waals surface area contributed by atoms with Gasteiger partial charge in [-0.2, -0.15) is 4.98 Å². The summed E-state index contributed by atoms with van der Waals surface area (Å²) in [6, 6.07) is 19.2. The lowest BCUT2D eigenvalue weighted by atomic mass is 10.2. The Labute approximate surface area is 145 Å². The fourth-order valence-corrected chi connectivity index (χ4v) is 2.15. The van der Waals surface area contributed by atoms with E-state index in [2.05, 4.69) is 10.1 Å². The Kier molecular flexibility index (Phi) is 5.90. The van der Waals surface area contributed by atoms with E-state index in [-0.39, 0.29) is 24.9 Å². The van der Waals surface area contributed by atoms with Gasteiger partial charge >= 0.3 is 5.97 Å². The van der Waals surface area contributed by atoms with Gasteiger partial charge < -0.3 is 14.0 Å². The second kappa shape index (κ2) is 8.75. The highest BCUT2D eigenvalue weighted by molar-refractivity contribution is 5.69. The number of esters is 1. The minimum atomic E-state index is -0.368. The molecule has 1 aromatic heterocycles. The molecule has 3 aromatic rings. The topological polar surface area (TPSA) is 74.5 Å². The molecule has 6 nitrogen and oxygen atoms in total. The minimum absolute atomic E-state index is 0.0443. The van der Waals surface area contributed by atoms with Crippen LogP contribution in [0.1, 0.15) is 17.9 Å². The molecule has 0 spiro atoms. The van der Waals surface area contributed by atoms with Gasteiger partial charge in [0.25, 0.3) is 5.89 Å². The fraction of sp³-hybridized carbons (Fsp3) is 0.211. The smallest absolute Gasteiger partial charge is 0.308 e. The molecule has 0 aliphatic carbocycles. The Hall–Kier alpha value is -2.99. The maximum absolute atomic E-state index is 11.7. The van der Waals surface area contributed by atoms with Gasteiger partial charge in [-0.15, -0.1) is 0 Å². The first kappa shape index (κ1) is 16.9. The number of carbonyl (C=O) groups excluding carboxylic acids is 1. The molecule has 128 valence electrons. The number of hydrogen-bond donors (Lipinski definition) is 0. The number of hydrogen-bond acceptors (Lipinski definition) is 6. The standard InChI is InChI=1S/C19H18N2O4/c22-18(11-12-23-13-15-7-3-1-4-8-15)24-14-17-20-19(21-25-17)16-9-5-2-6-10-16/h1-10H,11-14H2. The highest BCUT2D eigenvalue weighted by atomic mass is 16.6. The molecule has 0 aliphatic heterocycles. The first-order valence-electron chi connectivity index (χ1n) is 7.96. The van der Waals surface area contributed by atoms with E-state index >= 15 is 0 Å². The minimum Gasteiger partial charge on any atom is -0.455 e. The van der Waals surface area contributed by atoms with Crippen LogP contribution in [-0.4, -0.2) is 22.7 Å². The van der Waals surface area contributed by atoms with Gasteiger partial charge in [-0.05, 0) is 5.56 Å². The molecular formula is C19H18N2O4. The molecule has 6 heteroatoms. The van der Waals surface area contributed by atoms with Gasteiger partial charge in [0.15, 0.2) is 6.61 Å². The van der Waals surface area contributed by atoms with Gasteiger partial charge in [0.2, 0.25) is 5.82 Å². The summed E-state index contributed by atoms with van der Waals surface area (Å²) in [5.74, 6) is 0.364. The summed E-state index contributed by atoms with van der Waals surface area (Å²) in [6.07, 6.45) is 0.173. The molecule has 0 saturated carbocycles. The van der Waals surface area contributed by atoms with Crippen LogP contribution in [0.3, 0.4) is 0 Å². The van der Waals surface area contributed by atoms with E-state index < -0.39 is 0 Å². The van der Waals surface area contributed by atoms with E-state index in [0.29, 0.717) is 19.0 Å². The van der Waals surface area contributed by atoms with Crippen molar-refractivity contribution in [3.05, 3.63) is 72.1 Å². The molecule has 0 amide bonds. The van der Waals surface area contributed by atoms with Crippen molar-refractivity contribution in [3.8, 4) is 11.4 Å². The van der Waals surface area contributed by atoms with E-state index in [1.54, 1.807) is 0 Å². The third-order valence-electron chi connectivity index (χ3n) is 3.42. The molecule has 0 fully saturated rings. The maximum atomic E-state index is 11.7. The van der Waals surface area contributed by atoms with Crippen LogP contribution in [0.5, 0.6) is 0 Å². The summed E-state index contributed by atoms with van der Waals surface area (Å²) in [5, 5.41) is 3.87. The van der Waals surface area contributed by atoms with Crippen molar-refractivity contribution < 1.29 is 18.8 Å². The second-order valence-corrected chi connectivity index (χ2v) is 5.33. The molecule has 25 heavy (non-hydrogen) atoms. The number of rotatable bonds is 8. The van der Waals surface area contributed by atoms with Crippen molar-refractivity contribution in [2.45, 2.75) is 19.6 Å². The van der Waals surface area contributed by atoms with Gasteiger partial charge in [-0.25, -0.2) is 0 Å². The van der Waals surface area contributed by atoms with Crippen LogP contribution < -0.4 is 0 Å². The predicted octanol–water partition coefficient (Wildman–Crippen LogP) is 3.39. The van der Waals surface area contributed by atoms with Crippen LogP contribution in [0.2, 0.25) is 0 Å². The average molecular weight is 338 g/mol. The zero-order valence-corrected chi connectivity index (χ0v) is 13.6. The fourth-order valence-electron chi connectivity index (χ4n) is 2.15. The number of aromatic nitrogens is 2. The zero-order valence-electron chi connectivity index (χ0n) is 13.6. The highest BCUT2D eigenvalue weighted by Gasteiger charge is 2.11. The Morgan fingerprint density at radius 1 is 0.960 bits per heavy atom. The van der Waals surface area contributed by atoms with E-state index in [1.807, 2.05) is 60.7 Å². The van der Waals surface area contributed by atoms with Gasteiger partial charge in [0.05, 0.1) is 19.6 Å². The summed E-state index contributed by atoms with van der Waals surface area (Å²) in [5.41, 5.74) is 1.91. The molecule has 0 unspecified atom stereocenters. The summed E-state index contributed by atoms with van der Waals surface area (Å²) >= 11 is 0. The van der Waals surface area contributed by atoms with Crippen LogP contribution in [0.25, 0.3) is 11.4 Å². The van der Waals surface area contributed by atoms with E-state index in [1.165, 1.54) is 0 Å². The summed E-state index contributed by atoms with van der Waals surface area (Å²) in [7, 11) is 0. The Bertz CT molecular complexity index is 787. The Morgan fingerprint density at radius 2 is 1.68 bits per heavy atom. The molecule has 2 aromatic carbocycles. The molecule has 3 rings (SSSR count). The molecule has 0 aliphatic rings. The quantitative estimate of drug-likeness (QED) is 0.463. The first-order valence-corrected chi connectivity index (χ1v) is 7.96. The van der Waals surface area contributed by atoms with Crippen LogP contribution in [-0.2, 0) is 27.5 Å². The third kappa shape index (κ3) is 5.26. The molecule has 1 heterocycles. The molecule has 0 N–H and O–H groups in total. The van der Waals surface area contributed by atoms with E-state index in [4.69, 9.17) is 14.0 Å². The normalized spacial score (nSPS) is 10.6. The van der Waals surface area contributed by atoms with Gasteiger partial charge in [-0.1, -0.05) is 65.8 Å². The lowest BCUT2D eigenvalue weighted by molar-refractivity contribution is -0.147.